The van der Waals surface area contributed by atoms with Gasteiger partial charge in [-0.15, -0.1) is 0 Å². The Balaban J connectivity index is 2.23. The lowest BCUT2D eigenvalue weighted by molar-refractivity contribution is 0.0698. The molecular formula is C14H11NO2. The van der Waals surface area contributed by atoms with Gasteiger partial charge < -0.3 is 10.8 Å². The fourth-order valence-electron chi connectivity index (χ4n) is 2.39. The molecule has 0 aromatic heterocycles. The van der Waals surface area contributed by atoms with E-state index in [4.69, 9.17) is 10.8 Å². The molecule has 3 nitrogen and oxygen atoms in total. The predicted molar refractivity (Wildman–Crippen MR) is 66.1 cm³/mol. The first-order valence-corrected chi connectivity index (χ1v) is 5.41. The van der Waals surface area contributed by atoms with Crippen LogP contribution in [-0.4, -0.2) is 11.1 Å². The first kappa shape index (κ1) is 9.90. The Bertz CT molecular complexity index is 632. The Hall–Kier alpha value is -2.29. The number of carboxylic acid groups (broad SMARTS) is 1. The number of hydrogen-bond acceptors (Lipinski definition) is 2. The zero-order chi connectivity index (χ0) is 12.0. The van der Waals surface area contributed by atoms with Crippen LogP contribution < -0.4 is 5.73 Å². The third-order valence-electron chi connectivity index (χ3n) is 3.19. The Morgan fingerprint density at radius 2 is 1.88 bits per heavy atom. The van der Waals surface area contributed by atoms with Gasteiger partial charge in [-0.2, -0.15) is 0 Å². The van der Waals surface area contributed by atoms with E-state index in [-0.39, 0.29) is 5.56 Å². The Morgan fingerprint density at radius 3 is 2.65 bits per heavy atom. The summed E-state index contributed by atoms with van der Waals surface area (Å²) in [5, 5.41) is 9.03. The van der Waals surface area contributed by atoms with Gasteiger partial charge in [-0.05, 0) is 40.8 Å². The topological polar surface area (TPSA) is 63.3 Å². The zero-order valence-electron chi connectivity index (χ0n) is 9.10. The molecule has 0 unspecified atom stereocenters. The minimum Gasteiger partial charge on any atom is -0.478 e. The number of aromatic carboxylic acids is 1. The highest BCUT2D eigenvalue weighted by molar-refractivity contribution is 5.96. The van der Waals surface area contributed by atoms with E-state index in [1.54, 1.807) is 12.1 Å². The van der Waals surface area contributed by atoms with Crippen molar-refractivity contribution in [1.82, 2.24) is 0 Å². The van der Waals surface area contributed by atoms with Gasteiger partial charge in [0.1, 0.15) is 0 Å². The molecule has 0 heterocycles. The van der Waals surface area contributed by atoms with Crippen LogP contribution in [-0.2, 0) is 6.42 Å². The number of rotatable bonds is 1. The van der Waals surface area contributed by atoms with Crippen LogP contribution in [0.5, 0.6) is 0 Å². The fraction of sp³-hybridized carbons (Fsp3) is 0.0714. The predicted octanol–water partition coefficient (Wildman–Crippen LogP) is 2.54. The van der Waals surface area contributed by atoms with Gasteiger partial charge in [0.2, 0.25) is 0 Å². The number of carboxylic acids is 1. The van der Waals surface area contributed by atoms with Crippen LogP contribution in [0.1, 0.15) is 21.5 Å². The van der Waals surface area contributed by atoms with Gasteiger partial charge in [0.05, 0.1) is 5.56 Å². The van der Waals surface area contributed by atoms with Crippen LogP contribution in [0.25, 0.3) is 11.1 Å². The molecule has 3 rings (SSSR count). The molecule has 0 amide bonds. The second kappa shape index (κ2) is 3.35. The molecule has 0 aliphatic heterocycles. The number of benzene rings is 2. The van der Waals surface area contributed by atoms with Gasteiger partial charge in [0.15, 0.2) is 0 Å². The number of nitrogen functional groups attached to an aromatic ring is 1. The molecule has 0 radical (unpaired) electrons. The van der Waals surface area contributed by atoms with Crippen molar-refractivity contribution in [3.8, 4) is 11.1 Å². The van der Waals surface area contributed by atoms with Crippen molar-refractivity contribution in [3.05, 3.63) is 53.1 Å². The molecular weight excluding hydrogens is 214 g/mol. The number of nitrogens with two attached hydrogens (primary N) is 1. The minimum atomic E-state index is -0.971. The number of anilines is 1. The molecule has 1 aliphatic carbocycles. The van der Waals surface area contributed by atoms with E-state index < -0.39 is 5.97 Å². The van der Waals surface area contributed by atoms with E-state index >= 15 is 0 Å². The molecule has 0 fully saturated rings. The lowest BCUT2D eigenvalue weighted by atomic mass is 10.0. The molecule has 0 saturated carbocycles. The lowest BCUT2D eigenvalue weighted by Gasteiger charge is -2.05. The van der Waals surface area contributed by atoms with Crippen molar-refractivity contribution in [2.24, 2.45) is 0 Å². The van der Waals surface area contributed by atoms with E-state index in [0.29, 0.717) is 5.69 Å². The summed E-state index contributed by atoms with van der Waals surface area (Å²) in [6.07, 6.45) is 0.784. The molecule has 3 heteroatoms. The van der Waals surface area contributed by atoms with E-state index in [2.05, 4.69) is 6.07 Å². The normalized spacial score (nSPS) is 12.0. The molecule has 2 aromatic carbocycles. The van der Waals surface area contributed by atoms with Crippen molar-refractivity contribution in [2.75, 3.05) is 5.73 Å². The van der Waals surface area contributed by atoms with Gasteiger partial charge in [-0.3, -0.25) is 0 Å². The van der Waals surface area contributed by atoms with Crippen LogP contribution in [0.15, 0.2) is 36.4 Å². The summed E-state index contributed by atoms with van der Waals surface area (Å²) >= 11 is 0. The van der Waals surface area contributed by atoms with Crippen molar-refractivity contribution in [3.63, 3.8) is 0 Å². The van der Waals surface area contributed by atoms with Gasteiger partial charge in [-0.1, -0.05) is 24.3 Å². The molecule has 0 atom stereocenters. The summed E-state index contributed by atoms with van der Waals surface area (Å²) in [6, 6.07) is 11.5. The first-order valence-electron chi connectivity index (χ1n) is 5.41. The van der Waals surface area contributed by atoms with Crippen LogP contribution in [0.3, 0.4) is 0 Å². The highest BCUT2D eigenvalue weighted by atomic mass is 16.4. The smallest absolute Gasteiger partial charge is 0.337 e. The van der Waals surface area contributed by atoms with E-state index in [9.17, 15) is 4.79 Å². The quantitative estimate of drug-likeness (QED) is 0.625. The van der Waals surface area contributed by atoms with Crippen molar-refractivity contribution in [2.45, 2.75) is 6.42 Å². The highest BCUT2D eigenvalue weighted by Crippen LogP contribution is 2.38. The Morgan fingerprint density at radius 1 is 1.12 bits per heavy atom. The van der Waals surface area contributed by atoms with Gasteiger partial charge in [0, 0.05) is 5.69 Å². The third-order valence-corrected chi connectivity index (χ3v) is 3.19. The second-order valence-corrected chi connectivity index (χ2v) is 4.24. The number of fused-ring (bicyclic) bond motifs is 3. The van der Waals surface area contributed by atoms with E-state index in [1.807, 2.05) is 18.2 Å². The van der Waals surface area contributed by atoms with Gasteiger partial charge >= 0.3 is 5.97 Å². The van der Waals surface area contributed by atoms with Crippen LogP contribution in [0, 0.1) is 0 Å². The van der Waals surface area contributed by atoms with Crippen molar-refractivity contribution < 1.29 is 9.90 Å². The van der Waals surface area contributed by atoms with E-state index in [0.717, 1.165) is 23.1 Å². The standard InChI is InChI=1S/C14H11NO2/c15-13-7-11-9(6-12(13)14(16)17)5-8-3-1-2-4-10(8)11/h1-4,6-7H,5,15H2,(H,16,17). The monoisotopic (exact) mass is 225 g/mol. The highest BCUT2D eigenvalue weighted by Gasteiger charge is 2.21. The summed E-state index contributed by atoms with van der Waals surface area (Å²) in [4.78, 5) is 11.0. The largest absolute Gasteiger partial charge is 0.478 e. The van der Waals surface area contributed by atoms with Gasteiger partial charge in [-0.25, -0.2) is 4.79 Å². The van der Waals surface area contributed by atoms with Crippen LogP contribution >= 0.6 is 0 Å². The SMILES string of the molecule is Nc1cc2c(cc1C(=O)O)Cc1ccccc1-2. The van der Waals surface area contributed by atoms with E-state index in [1.165, 1.54) is 5.56 Å². The Labute approximate surface area is 98.5 Å². The van der Waals surface area contributed by atoms with Crippen LogP contribution in [0.2, 0.25) is 0 Å². The van der Waals surface area contributed by atoms with Crippen molar-refractivity contribution >= 4 is 11.7 Å². The number of carbonyl (C=O) groups is 1. The summed E-state index contributed by atoms with van der Waals surface area (Å²) in [7, 11) is 0. The summed E-state index contributed by atoms with van der Waals surface area (Å²) < 4.78 is 0. The third kappa shape index (κ3) is 1.40. The first-order chi connectivity index (χ1) is 8.16. The molecule has 17 heavy (non-hydrogen) atoms. The fourth-order valence-corrected chi connectivity index (χ4v) is 2.39. The molecule has 0 spiro atoms. The minimum absolute atomic E-state index is 0.191. The zero-order valence-corrected chi connectivity index (χ0v) is 9.10. The molecule has 84 valence electrons. The maximum Gasteiger partial charge on any atom is 0.337 e. The summed E-state index contributed by atoms with van der Waals surface area (Å²) in [5.41, 5.74) is 10.8. The van der Waals surface area contributed by atoms with Gasteiger partial charge in [0.25, 0.3) is 0 Å². The summed E-state index contributed by atoms with van der Waals surface area (Å²) in [6.45, 7) is 0. The van der Waals surface area contributed by atoms with Crippen molar-refractivity contribution in [1.29, 1.82) is 0 Å². The number of hydrogen-bond donors (Lipinski definition) is 2. The Kier molecular flexibility index (Phi) is 1.95. The average molecular weight is 225 g/mol. The molecule has 1 aliphatic rings. The van der Waals surface area contributed by atoms with Crippen LogP contribution in [0.4, 0.5) is 5.69 Å². The maximum atomic E-state index is 11.0. The summed E-state index contributed by atoms with van der Waals surface area (Å²) in [5.74, 6) is -0.971. The maximum absolute atomic E-state index is 11.0. The average Bonchev–Trinajstić information content (AvgIpc) is 2.65. The second-order valence-electron chi connectivity index (χ2n) is 4.24. The lowest BCUT2D eigenvalue weighted by Crippen LogP contribution is -2.03. The molecule has 0 bridgehead atoms. The molecule has 2 aromatic rings. The molecule has 3 N–H and O–H groups in total. The molecule has 0 saturated heterocycles.